The summed E-state index contributed by atoms with van der Waals surface area (Å²) in [5, 5.41) is 0. The van der Waals surface area contributed by atoms with Crippen LogP contribution < -0.4 is 0 Å². The van der Waals surface area contributed by atoms with Crippen molar-refractivity contribution in [3.05, 3.63) is 0 Å². The molecule has 0 heterocycles. The van der Waals surface area contributed by atoms with Gasteiger partial charge >= 0.3 is 19.8 Å². The van der Waals surface area contributed by atoms with Crippen LogP contribution in [0.15, 0.2) is 0 Å². The number of carbonyl (C=O) groups is 2. The number of hydrogen-bond donors (Lipinski definition) is 2. The Morgan fingerprint density at radius 2 is 0.818 bits per heavy atom. The van der Waals surface area contributed by atoms with Crippen LogP contribution in [0.5, 0.6) is 0 Å². The van der Waals surface area contributed by atoms with Gasteiger partial charge < -0.3 is 19.3 Å². The third kappa shape index (κ3) is 33.9. The van der Waals surface area contributed by atoms with E-state index in [-0.39, 0.29) is 19.4 Å². The molecule has 0 radical (unpaired) electrons. The van der Waals surface area contributed by atoms with Gasteiger partial charge in [0.15, 0.2) is 6.10 Å². The minimum atomic E-state index is -4.74. The summed E-state index contributed by atoms with van der Waals surface area (Å²) in [6.07, 6.45) is 31.1. The van der Waals surface area contributed by atoms with E-state index in [1.54, 1.807) is 0 Å². The van der Waals surface area contributed by atoms with E-state index < -0.39 is 32.5 Å². The van der Waals surface area contributed by atoms with Gasteiger partial charge in [-0.3, -0.25) is 14.1 Å². The van der Waals surface area contributed by atoms with Crippen molar-refractivity contribution < 1.29 is 37.9 Å². The summed E-state index contributed by atoms with van der Waals surface area (Å²) in [7, 11) is -4.74. The molecule has 0 spiro atoms. The average Bonchev–Trinajstić information content (AvgIpc) is 2.98. The van der Waals surface area contributed by atoms with Crippen LogP contribution in [0.2, 0.25) is 0 Å². The highest BCUT2D eigenvalue weighted by Crippen LogP contribution is 2.36. The summed E-state index contributed by atoms with van der Waals surface area (Å²) in [6.45, 7) is 3.68. The number of hydrogen-bond acceptors (Lipinski definition) is 6. The molecule has 0 aromatic carbocycles. The molecule has 44 heavy (non-hydrogen) atoms. The van der Waals surface area contributed by atoms with Gasteiger partial charge in [0.25, 0.3) is 0 Å². The Morgan fingerprint density at radius 1 is 0.500 bits per heavy atom. The third-order valence-corrected chi connectivity index (χ3v) is 8.61. The van der Waals surface area contributed by atoms with Gasteiger partial charge in [0, 0.05) is 12.8 Å². The predicted octanol–water partition coefficient (Wildman–Crippen LogP) is 10.5. The van der Waals surface area contributed by atoms with Crippen molar-refractivity contribution in [2.24, 2.45) is 0 Å². The summed E-state index contributed by atoms with van der Waals surface area (Å²) < 4.78 is 26.3. The van der Waals surface area contributed by atoms with Gasteiger partial charge in [-0.1, -0.05) is 168 Å². The lowest BCUT2D eigenvalue weighted by Crippen LogP contribution is -2.29. The molecule has 0 aliphatic heterocycles. The van der Waals surface area contributed by atoms with E-state index in [0.29, 0.717) is 6.42 Å². The van der Waals surface area contributed by atoms with E-state index in [1.807, 2.05) is 0 Å². The van der Waals surface area contributed by atoms with Gasteiger partial charge in [-0.2, -0.15) is 0 Å². The molecule has 0 aliphatic rings. The van der Waals surface area contributed by atoms with E-state index in [1.165, 1.54) is 122 Å². The Bertz CT molecular complexity index is 696. The fourth-order valence-electron chi connectivity index (χ4n) is 5.37. The van der Waals surface area contributed by atoms with Gasteiger partial charge in [0.1, 0.15) is 6.61 Å². The Morgan fingerprint density at radius 3 is 1.16 bits per heavy atom. The van der Waals surface area contributed by atoms with Crippen LogP contribution in [0.3, 0.4) is 0 Å². The van der Waals surface area contributed by atoms with Gasteiger partial charge in [-0.05, 0) is 12.8 Å². The van der Waals surface area contributed by atoms with Crippen molar-refractivity contribution in [3.63, 3.8) is 0 Å². The summed E-state index contributed by atoms with van der Waals surface area (Å²) in [5.74, 6) is -0.874. The number of unbranched alkanes of at least 4 members (excludes halogenated alkanes) is 24. The molecule has 0 amide bonds. The van der Waals surface area contributed by atoms with E-state index in [9.17, 15) is 14.2 Å². The number of esters is 2. The minimum absolute atomic E-state index is 0.219. The maximum Gasteiger partial charge on any atom is 0.469 e. The molecule has 0 aromatic rings. The standard InChI is InChI=1S/C35H69O8P/c1-3-5-7-9-11-13-15-17-18-20-21-23-25-27-29-34(36)41-31-33(32-42-44(38,39)40)43-35(37)30-28-26-24-22-19-16-14-12-10-8-6-4-2/h33H,3-32H2,1-2H3,(H2,38,39,40)/t33-/m1/s1. The van der Waals surface area contributed by atoms with Crippen LogP contribution in [0.25, 0.3) is 0 Å². The van der Waals surface area contributed by atoms with E-state index in [2.05, 4.69) is 18.4 Å². The first kappa shape index (κ1) is 43.0. The fourth-order valence-corrected chi connectivity index (χ4v) is 5.73. The lowest BCUT2D eigenvalue weighted by Gasteiger charge is -2.18. The smallest absolute Gasteiger partial charge is 0.462 e. The minimum Gasteiger partial charge on any atom is -0.462 e. The lowest BCUT2D eigenvalue weighted by atomic mass is 10.0. The predicted molar refractivity (Wildman–Crippen MR) is 179 cm³/mol. The quantitative estimate of drug-likeness (QED) is 0.0402. The Labute approximate surface area is 270 Å². The van der Waals surface area contributed by atoms with E-state index in [0.717, 1.165) is 38.5 Å². The molecule has 2 N–H and O–H groups in total. The molecule has 0 rings (SSSR count). The molecule has 9 heteroatoms. The second-order valence-corrected chi connectivity index (χ2v) is 13.8. The maximum atomic E-state index is 12.3. The van der Waals surface area contributed by atoms with Gasteiger partial charge in [-0.25, -0.2) is 4.57 Å². The Hall–Kier alpha value is -0.950. The molecule has 0 saturated carbocycles. The van der Waals surface area contributed by atoms with Crippen LogP contribution in [0.1, 0.15) is 194 Å². The third-order valence-electron chi connectivity index (χ3n) is 8.13. The Kier molecular flexibility index (Phi) is 31.3. The van der Waals surface area contributed by atoms with Gasteiger partial charge in [0.05, 0.1) is 6.61 Å². The molecule has 0 aliphatic carbocycles. The number of rotatable bonds is 34. The zero-order valence-electron chi connectivity index (χ0n) is 28.6. The normalized spacial score (nSPS) is 12.4. The molecule has 0 bridgehead atoms. The molecule has 0 unspecified atom stereocenters. The summed E-state index contributed by atoms with van der Waals surface area (Å²) in [4.78, 5) is 42.6. The highest BCUT2D eigenvalue weighted by atomic mass is 31.2. The SMILES string of the molecule is CCCCCCCCCCCCCCCCC(=O)OC[C@H](COP(=O)(O)O)OC(=O)CCCCCCCCCCCCCC. The second-order valence-electron chi connectivity index (χ2n) is 12.6. The zero-order chi connectivity index (χ0) is 32.6. The number of phosphoric acid groups is 1. The first-order chi connectivity index (χ1) is 21.3. The monoisotopic (exact) mass is 648 g/mol. The van der Waals surface area contributed by atoms with Gasteiger partial charge in [-0.15, -0.1) is 0 Å². The van der Waals surface area contributed by atoms with Crippen molar-refractivity contribution in [3.8, 4) is 0 Å². The summed E-state index contributed by atoms with van der Waals surface area (Å²) >= 11 is 0. The number of ether oxygens (including phenoxy) is 2. The van der Waals surface area contributed by atoms with Crippen LogP contribution in [-0.2, 0) is 28.2 Å². The summed E-state index contributed by atoms with van der Waals surface area (Å²) in [6, 6.07) is 0. The molecule has 8 nitrogen and oxygen atoms in total. The van der Waals surface area contributed by atoms with Crippen molar-refractivity contribution in [2.45, 2.75) is 200 Å². The van der Waals surface area contributed by atoms with Crippen molar-refractivity contribution in [1.82, 2.24) is 0 Å². The van der Waals surface area contributed by atoms with E-state index >= 15 is 0 Å². The first-order valence-electron chi connectivity index (χ1n) is 18.3. The topological polar surface area (TPSA) is 119 Å². The maximum absolute atomic E-state index is 12.3. The molecule has 0 aromatic heterocycles. The van der Waals surface area contributed by atoms with E-state index in [4.69, 9.17) is 19.3 Å². The molecule has 0 saturated heterocycles. The van der Waals surface area contributed by atoms with Crippen molar-refractivity contribution in [2.75, 3.05) is 13.2 Å². The highest BCUT2D eigenvalue weighted by molar-refractivity contribution is 7.46. The second kappa shape index (κ2) is 32.0. The van der Waals surface area contributed by atoms with Gasteiger partial charge in [0.2, 0.25) is 0 Å². The molecule has 0 fully saturated rings. The summed E-state index contributed by atoms with van der Waals surface area (Å²) in [5.41, 5.74) is 0. The number of carbonyl (C=O) groups excluding carboxylic acids is 2. The molecule has 262 valence electrons. The van der Waals surface area contributed by atoms with Crippen LogP contribution in [0, 0.1) is 0 Å². The lowest BCUT2D eigenvalue weighted by molar-refractivity contribution is -0.161. The Balaban J connectivity index is 3.93. The number of phosphoric ester groups is 1. The fraction of sp³-hybridized carbons (Fsp3) is 0.943. The average molecular weight is 649 g/mol. The molecular formula is C35H69O8P. The van der Waals surface area contributed by atoms with Crippen LogP contribution in [-0.4, -0.2) is 41.0 Å². The molecule has 1 atom stereocenters. The largest absolute Gasteiger partial charge is 0.469 e. The first-order valence-corrected chi connectivity index (χ1v) is 19.9. The van der Waals surface area contributed by atoms with Crippen LogP contribution >= 0.6 is 7.82 Å². The molecular weight excluding hydrogens is 579 g/mol. The highest BCUT2D eigenvalue weighted by Gasteiger charge is 2.22. The van der Waals surface area contributed by atoms with Crippen LogP contribution in [0.4, 0.5) is 0 Å². The zero-order valence-corrected chi connectivity index (χ0v) is 29.5. The van der Waals surface area contributed by atoms with Crippen molar-refractivity contribution in [1.29, 1.82) is 0 Å². The van der Waals surface area contributed by atoms with Crippen molar-refractivity contribution >= 4 is 19.8 Å².